The van der Waals surface area contributed by atoms with Crippen LogP contribution in [-0.2, 0) is 0 Å². The Kier molecular flexibility index (Phi) is 10.6. The van der Waals surface area contributed by atoms with Crippen molar-refractivity contribution < 1.29 is 28.1 Å². The fourth-order valence-corrected chi connectivity index (χ4v) is 5.89. The molecular weight excluding hydrogens is 641 g/mol. The lowest BCUT2D eigenvalue weighted by Crippen LogP contribution is -2.34. The molecule has 12 heteroatoms. The lowest BCUT2D eigenvalue weighted by atomic mass is 9.99. The number of aromatic nitrogens is 3. The number of likely N-dealkylation sites (tertiary alicyclic amines) is 1. The standard InChI is InChI=1S/C38H40FN5O6/c1-24-13-17-43(18-14-24)16-5-19-49-35-23-31-29(22-34(35)48-4)32(12-15-40-31)50-33-11-6-26(21-30(33)39)41-38(46)37-25(2)20-36(45)44(42-37)27-7-9-28(47-3)10-8-27/h6-12,15,20-24H,5,13-14,16-19H2,1-4H3,(H,41,46). The van der Waals surface area contributed by atoms with Gasteiger partial charge in [0.2, 0.25) is 0 Å². The van der Waals surface area contributed by atoms with Crippen molar-refractivity contribution in [3.05, 3.63) is 100 Å². The number of amides is 1. The van der Waals surface area contributed by atoms with Crippen LogP contribution in [0.15, 0.2) is 77.7 Å². The van der Waals surface area contributed by atoms with E-state index in [0.29, 0.717) is 51.8 Å². The Morgan fingerprint density at radius 3 is 2.44 bits per heavy atom. The number of anilines is 1. The zero-order valence-corrected chi connectivity index (χ0v) is 28.6. The molecule has 5 aromatic rings. The van der Waals surface area contributed by atoms with Crippen LogP contribution < -0.4 is 29.8 Å². The number of rotatable bonds is 12. The maximum Gasteiger partial charge on any atom is 0.276 e. The molecular formula is C38H40FN5O6. The minimum Gasteiger partial charge on any atom is -0.497 e. The number of fused-ring (bicyclic) bond motifs is 1. The first-order chi connectivity index (χ1) is 24.2. The molecule has 1 N–H and O–H groups in total. The first-order valence-electron chi connectivity index (χ1n) is 16.6. The van der Waals surface area contributed by atoms with Gasteiger partial charge in [0.05, 0.1) is 32.0 Å². The van der Waals surface area contributed by atoms with Crippen molar-refractivity contribution in [2.75, 3.05) is 45.8 Å². The molecule has 50 heavy (non-hydrogen) atoms. The van der Waals surface area contributed by atoms with Gasteiger partial charge in [-0.15, -0.1) is 0 Å². The van der Waals surface area contributed by atoms with E-state index in [1.54, 1.807) is 62.7 Å². The van der Waals surface area contributed by atoms with E-state index < -0.39 is 17.3 Å². The number of carbonyl (C=O) groups excluding carboxylic acids is 1. The van der Waals surface area contributed by atoms with E-state index in [1.807, 2.05) is 0 Å². The summed E-state index contributed by atoms with van der Waals surface area (Å²) in [5.41, 5.74) is 1.23. The van der Waals surface area contributed by atoms with E-state index >= 15 is 4.39 Å². The van der Waals surface area contributed by atoms with Gasteiger partial charge in [0.25, 0.3) is 11.5 Å². The summed E-state index contributed by atoms with van der Waals surface area (Å²) in [6, 6.07) is 17.3. The number of ether oxygens (including phenoxy) is 4. The Morgan fingerprint density at radius 1 is 0.940 bits per heavy atom. The third kappa shape index (κ3) is 7.86. The van der Waals surface area contributed by atoms with E-state index in [-0.39, 0.29) is 17.1 Å². The minimum atomic E-state index is -0.698. The van der Waals surface area contributed by atoms with Crippen molar-refractivity contribution >= 4 is 22.5 Å². The van der Waals surface area contributed by atoms with Crippen molar-refractivity contribution in [1.82, 2.24) is 19.7 Å². The third-order valence-electron chi connectivity index (χ3n) is 8.80. The largest absolute Gasteiger partial charge is 0.497 e. The molecule has 0 saturated carbocycles. The smallest absolute Gasteiger partial charge is 0.276 e. The number of hydrogen-bond acceptors (Lipinski definition) is 9. The molecule has 3 heterocycles. The van der Waals surface area contributed by atoms with E-state index in [1.165, 1.54) is 38.2 Å². The maximum absolute atomic E-state index is 15.4. The molecule has 2 aromatic heterocycles. The van der Waals surface area contributed by atoms with Crippen LogP contribution in [0, 0.1) is 18.7 Å². The number of carbonyl (C=O) groups is 1. The number of methoxy groups -OCH3 is 2. The number of pyridine rings is 1. The third-order valence-corrected chi connectivity index (χ3v) is 8.80. The maximum atomic E-state index is 15.4. The van der Waals surface area contributed by atoms with Gasteiger partial charge in [0.1, 0.15) is 11.5 Å². The molecule has 0 aliphatic carbocycles. The van der Waals surface area contributed by atoms with Gasteiger partial charge in [-0.3, -0.25) is 14.6 Å². The van der Waals surface area contributed by atoms with E-state index in [9.17, 15) is 9.59 Å². The van der Waals surface area contributed by atoms with Gasteiger partial charge in [-0.2, -0.15) is 9.78 Å². The Balaban J connectivity index is 1.14. The summed E-state index contributed by atoms with van der Waals surface area (Å²) in [6.07, 6.45) is 4.96. The molecule has 6 rings (SSSR count). The summed E-state index contributed by atoms with van der Waals surface area (Å²) in [5.74, 6) is 1.52. The summed E-state index contributed by atoms with van der Waals surface area (Å²) in [7, 11) is 3.11. The van der Waals surface area contributed by atoms with Crippen molar-refractivity contribution in [1.29, 1.82) is 0 Å². The van der Waals surface area contributed by atoms with Crippen LogP contribution in [0.4, 0.5) is 10.1 Å². The molecule has 1 aliphatic rings. The number of nitrogens with zero attached hydrogens (tertiary/aromatic N) is 4. The highest BCUT2D eigenvalue weighted by Gasteiger charge is 2.19. The van der Waals surface area contributed by atoms with Crippen molar-refractivity contribution in [2.45, 2.75) is 33.1 Å². The highest BCUT2D eigenvalue weighted by molar-refractivity contribution is 6.03. The van der Waals surface area contributed by atoms with E-state index in [4.69, 9.17) is 18.9 Å². The molecule has 0 atom stereocenters. The number of halogens is 1. The number of nitrogens with one attached hydrogen (secondary N) is 1. The zero-order valence-electron chi connectivity index (χ0n) is 28.6. The normalized spacial score (nSPS) is 13.6. The lowest BCUT2D eigenvalue weighted by molar-refractivity contribution is 0.102. The lowest BCUT2D eigenvalue weighted by Gasteiger charge is -2.30. The molecule has 0 spiro atoms. The van der Waals surface area contributed by atoms with Gasteiger partial charge in [0.15, 0.2) is 28.8 Å². The molecule has 1 fully saturated rings. The summed E-state index contributed by atoms with van der Waals surface area (Å²) >= 11 is 0. The predicted octanol–water partition coefficient (Wildman–Crippen LogP) is 6.79. The van der Waals surface area contributed by atoms with Gasteiger partial charge in [-0.25, -0.2) is 4.39 Å². The molecule has 0 unspecified atom stereocenters. The second-order valence-electron chi connectivity index (χ2n) is 12.4. The summed E-state index contributed by atoms with van der Waals surface area (Å²) in [4.78, 5) is 32.8. The highest BCUT2D eigenvalue weighted by Crippen LogP contribution is 2.38. The van der Waals surface area contributed by atoms with Gasteiger partial charge >= 0.3 is 0 Å². The van der Waals surface area contributed by atoms with Crippen LogP contribution in [0.5, 0.6) is 28.7 Å². The van der Waals surface area contributed by atoms with E-state index in [2.05, 4.69) is 27.2 Å². The quantitative estimate of drug-likeness (QED) is 0.142. The average Bonchev–Trinajstić information content (AvgIpc) is 3.12. The molecule has 3 aromatic carbocycles. The van der Waals surface area contributed by atoms with Gasteiger partial charge in [-0.1, -0.05) is 6.92 Å². The number of aryl methyl sites for hydroxylation is 1. The summed E-state index contributed by atoms with van der Waals surface area (Å²) < 4.78 is 39.4. The Morgan fingerprint density at radius 2 is 1.72 bits per heavy atom. The number of benzene rings is 3. The summed E-state index contributed by atoms with van der Waals surface area (Å²) in [5, 5.41) is 7.57. The van der Waals surface area contributed by atoms with Crippen LogP contribution >= 0.6 is 0 Å². The molecule has 260 valence electrons. The van der Waals surface area contributed by atoms with Gasteiger partial charge in [0, 0.05) is 42.0 Å². The SMILES string of the molecule is COc1ccc(-n2nc(C(=O)Nc3ccc(Oc4ccnc5cc(OCCCN6CCC(C)CC6)c(OC)cc45)c(F)c3)c(C)cc2=O)cc1. The molecule has 11 nitrogen and oxygen atoms in total. The van der Waals surface area contributed by atoms with Crippen molar-refractivity contribution in [3.63, 3.8) is 0 Å². The Labute approximate surface area is 289 Å². The fraction of sp³-hybridized carbons (Fsp3) is 0.316. The first kappa shape index (κ1) is 34.4. The van der Waals surface area contributed by atoms with Crippen LogP contribution in [0.1, 0.15) is 42.2 Å². The summed E-state index contributed by atoms with van der Waals surface area (Å²) in [6.45, 7) is 7.71. The molecule has 1 aliphatic heterocycles. The fourth-order valence-electron chi connectivity index (χ4n) is 5.89. The zero-order chi connectivity index (χ0) is 35.2. The van der Waals surface area contributed by atoms with Crippen molar-refractivity contribution in [3.8, 4) is 34.4 Å². The molecule has 0 bridgehead atoms. The Bertz CT molecular complexity index is 2040. The topological polar surface area (TPSA) is 117 Å². The Hall–Kier alpha value is -5.49. The van der Waals surface area contributed by atoms with Crippen LogP contribution in [0.2, 0.25) is 0 Å². The molecule has 1 amide bonds. The van der Waals surface area contributed by atoms with E-state index in [0.717, 1.165) is 42.7 Å². The van der Waals surface area contributed by atoms with Gasteiger partial charge in [-0.05, 0) is 99.3 Å². The number of piperidine rings is 1. The van der Waals surface area contributed by atoms with Crippen molar-refractivity contribution in [2.24, 2.45) is 5.92 Å². The second-order valence-corrected chi connectivity index (χ2v) is 12.4. The predicted molar refractivity (Wildman–Crippen MR) is 189 cm³/mol. The average molecular weight is 682 g/mol. The number of hydrogen-bond donors (Lipinski definition) is 1. The molecule has 1 saturated heterocycles. The second kappa shape index (κ2) is 15.4. The van der Waals surface area contributed by atoms with Crippen LogP contribution in [-0.4, -0.2) is 66.0 Å². The monoisotopic (exact) mass is 681 g/mol. The molecule has 0 radical (unpaired) electrons. The first-order valence-corrected chi connectivity index (χ1v) is 16.6. The van der Waals surface area contributed by atoms with Gasteiger partial charge < -0.3 is 29.2 Å². The minimum absolute atomic E-state index is 0.0124. The highest BCUT2D eigenvalue weighted by atomic mass is 19.1. The van der Waals surface area contributed by atoms with Crippen LogP contribution in [0.25, 0.3) is 16.6 Å². The van der Waals surface area contributed by atoms with Crippen LogP contribution in [0.3, 0.4) is 0 Å².